The van der Waals surface area contributed by atoms with Crippen LogP contribution >= 0.6 is 0 Å². The third-order valence-corrected chi connectivity index (χ3v) is 5.08. The van der Waals surface area contributed by atoms with E-state index in [1.54, 1.807) is 24.7 Å². The number of carbonyl (C=O) groups is 1. The van der Waals surface area contributed by atoms with Gasteiger partial charge in [-0.3, -0.25) is 9.69 Å². The van der Waals surface area contributed by atoms with Crippen molar-refractivity contribution in [2.75, 3.05) is 24.5 Å². The van der Waals surface area contributed by atoms with E-state index in [4.69, 9.17) is 5.26 Å². The highest BCUT2D eigenvalue weighted by atomic mass is 19.1. The molecule has 8 heteroatoms. The van der Waals surface area contributed by atoms with E-state index < -0.39 is 11.6 Å². The third kappa shape index (κ3) is 4.36. The van der Waals surface area contributed by atoms with Crippen molar-refractivity contribution in [2.24, 2.45) is 0 Å². The van der Waals surface area contributed by atoms with Crippen LogP contribution in [0.15, 0.2) is 55.0 Å². The quantitative estimate of drug-likeness (QED) is 0.652. The van der Waals surface area contributed by atoms with Crippen LogP contribution in [-0.4, -0.2) is 40.0 Å². The fraction of sp³-hybridized carbons (Fsp3) is 0.227. The molecule has 152 valence electrons. The van der Waals surface area contributed by atoms with Gasteiger partial charge in [-0.2, -0.15) is 5.26 Å². The molecule has 0 bridgehead atoms. The fourth-order valence-electron chi connectivity index (χ4n) is 3.56. The molecule has 0 radical (unpaired) electrons. The molecule has 1 saturated heterocycles. The second-order valence-corrected chi connectivity index (χ2v) is 7.21. The van der Waals surface area contributed by atoms with Crippen molar-refractivity contribution in [1.29, 1.82) is 5.26 Å². The maximum atomic E-state index is 13.5. The molecule has 0 atom stereocenters. The normalized spacial score (nSPS) is 14.7. The van der Waals surface area contributed by atoms with Crippen molar-refractivity contribution in [3.05, 3.63) is 83.4 Å². The Balaban J connectivity index is 1.41. The van der Waals surface area contributed by atoms with Crippen LogP contribution in [0.3, 0.4) is 0 Å². The molecule has 1 amide bonds. The van der Waals surface area contributed by atoms with Gasteiger partial charge in [0.15, 0.2) is 0 Å². The van der Waals surface area contributed by atoms with Crippen LogP contribution in [0.2, 0.25) is 0 Å². The predicted molar refractivity (Wildman–Crippen MR) is 106 cm³/mol. The molecule has 0 N–H and O–H groups in total. The first-order chi connectivity index (χ1) is 14.5. The van der Waals surface area contributed by atoms with Gasteiger partial charge in [-0.1, -0.05) is 12.1 Å². The maximum absolute atomic E-state index is 13.5. The summed E-state index contributed by atoms with van der Waals surface area (Å²) in [5.74, 6) is -1.61. The van der Waals surface area contributed by atoms with Gasteiger partial charge >= 0.3 is 0 Å². The molecule has 4 rings (SSSR count). The lowest BCUT2D eigenvalue weighted by Crippen LogP contribution is -2.50. The Hall–Kier alpha value is -3.57. The molecule has 0 spiro atoms. The van der Waals surface area contributed by atoms with Crippen molar-refractivity contribution in [2.45, 2.75) is 13.1 Å². The van der Waals surface area contributed by atoms with Gasteiger partial charge in [-0.25, -0.2) is 13.8 Å². The van der Waals surface area contributed by atoms with E-state index in [1.807, 2.05) is 21.6 Å². The minimum Gasteiger partial charge on any atom is -0.329 e. The summed E-state index contributed by atoms with van der Waals surface area (Å²) in [5, 5.41) is 8.91. The predicted octanol–water partition coefficient (Wildman–Crippen LogP) is 2.93. The van der Waals surface area contributed by atoms with Crippen LogP contribution in [0.1, 0.15) is 16.8 Å². The number of amides is 1. The highest BCUT2D eigenvalue weighted by Crippen LogP contribution is 2.21. The average molecular weight is 407 g/mol. The number of rotatable bonds is 5. The Labute approximate surface area is 172 Å². The van der Waals surface area contributed by atoms with Crippen molar-refractivity contribution in [3.63, 3.8) is 0 Å². The molecule has 2 aromatic carbocycles. The summed E-state index contributed by atoms with van der Waals surface area (Å²) in [7, 11) is 0. The highest BCUT2D eigenvalue weighted by Gasteiger charge is 2.26. The Morgan fingerprint density at radius 2 is 1.77 bits per heavy atom. The molecule has 1 aliphatic heterocycles. The van der Waals surface area contributed by atoms with Gasteiger partial charge in [0.1, 0.15) is 11.6 Å². The lowest BCUT2D eigenvalue weighted by atomic mass is 10.1. The van der Waals surface area contributed by atoms with Gasteiger partial charge in [-0.15, -0.1) is 0 Å². The van der Waals surface area contributed by atoms with E-state index in [0.717, 1.165) is 17.3 Å². The number of piperazine rings is 1. The van der Waals surface area contributed by atoms with Crippen LogP contribution < -0.4 is 4.90 Å². The van der Waals surface area contributed by atoms with E-state index in [-0.39, 0.29) is 18.1 Å². The summed E-state index contributed by atoms with van der Waals surface area (Å²) >= 11 is 0. The SMILES string of the molecule is N#Cc1ccc(Cn2cncc2CN2CCN(c3cc(F)cc(F)c3)C(=O)C2)cc1. The zero-order valence-electron chi connectivity index (χ0n) is 16.1. The molecule has 1 aromatic heterocycles. The zero-order chi connectivity index (χ0) is 21.1. The molecular weight excluding hydrogens is 388 g/mol. The van der Waals surface area contributed by atoms with Crippen LogP contribution in [0.4, 0.5) is 14.5 Å². The Morgan fingerprint density at radius 1 is 1.03 bits per heavy atom. The van der Waals surface area contributed by atoms with Gasteiger partial charge < -0.3 is 9.47 Å². The number of nitrogens with zero attached hydrogens (tertiary/aromatic N) is 5. The van der Waals surface area contributed by atoms with Crippen LogP contribution in [0.5, 0.6) is 0 Å². The van der Waals surface area contributed by atoms with Crippen molar-refractivity contribution in [1.82, 2.24) is 14.5 Å². The van der Waals surface area contributed by atoms with Gasteiger partial charge in [0.25, 0.3) is 0 Å². The first kappa shape index (κ1) is 19.7. The number of nitriles is 1. The van der Waals surface area contributed by atoms with E-state index in [9.17, 15) is 13.6 Å². The standard InChI is InChI=1S/C22H19F2N5O/c23-18-7-19(24)9-20(8-18)29-6-5-27(14-22(29)30)13-21-11-26-15-28(21)12-17-3-1-16(10-25)2-4-17/h1-4,7-9,11,15H,5-6,12-14H2. The third-order valence-electron chi connectivity index (χ3n) is 5.08. The summed E-state index contributed by atoms with van der Waals surface area (Å²) in [6, 6.07) is 12.6. The lowest BCUT2D eigenvalue weighted by Gasteiger charge is -2.34. The molecule has 1 fully saturated rings. The first-order valence-corrected chi connectivity index (χ1v) is 9.49. The summed E-state index contributed by atoms with van der Waals surface area (Å²) in [6.07, 6.45) is 3.50. The number of carbonyl (C=O) groups excluding carboxylic acids is 1. The molecular formula is C22H19F2N5O. The number of hydrogen-bond acceptors (Lipinski definition) is 4. The van der Waals surface area contributed by atoms with Gasteiger partial charge in [0.05, 0.1) is 30.2 Å². The molecule has 0 unspecified atom stereocenters. The number of imidazole rings is 1. The molecule has 3 aromatic rings. The van der Waals surface area contributed by atoms with Crippen molar-refractivity contribution >= 4 is 11.6 Å². The second kappa shape index (κ2) is 8.43. The van der Waals surface area contributed by atoms with E-state index >= 15 is 0 Å². The number of benzene rings is 2. The lowest BCUT2D eigenvalue weighted by molar-refractivity contribution is -0.121. The molecule has 30 heavy (non-hydrogen) atoms. The fourth-order valence-corrected chi connectivity index (χ4v) is 3.56. The van der Waals surface area contributed by atoms with E-state index in [2.05, 4.69) is 11.1 Å². The van der Waals surface area contributed by atoms with Crippen LogP contribution in [0.25, 0.3) is 0 Å². The molecule has 2 heterocycles. The second-order valence-electron chi connectivity index (χ2n) is 7.21. The number of halogens is 2. The topological polar surface area (TPSA) is 65.2 Å². The number of aromatic nitrogens is 2. The van der Waals surface area contributed by atoms with Gasteiger partial charge in [0, 0.05) is 44.1 Å². The van der Waals surface area contributed by atoms with Crippen molar-refractivity contribution < 1.29 is 13.6 Å². The summed E-state index contributed by atoms with van der Waals surface area (Å²) in [4.78, 5) is 20.2. The largest absolute Gasteiger partial charge is 0.329 e. The highest BCUT2D eigenvalue weighted by molar-refractivity contribution is 5.95. The van der Waals surface area contributed by atoms with Crippen LogP contribution in [-0.2, 0) is 17.9 Å². The zero-order valence-corrected chi connectivity index (χ0v) is 16.1. The average Bonchev–Trinajstić information content (AvgIpc) is 3.14. The summed E-state index contributed by atoms with van der Waals surface area (Å²) in [6.45, 7) is 2.22. The summed E-state index contributed by atoms with van der Waals surface area (Å²) < 4.78 is 29.0. The van der Waals surface area contributed by atoms with Gasteiger partial charge in [-0.05, 0) is 29.8 Å². The Morgan fingerprint density at radius 3 is 2.43 bits per heavy atom. The molecule has 6 nitrogen and oxygen atoms in total. The molecule has 0 saturated carbocycles. The first-order valence-electron chi connectivity index (χ1n) is 9.49. The smallest absolute Gasteiger partial charge is 0.241 e. The van der Waals surface area contributed by atoms with Crippen LogP contribution in [0, 0.1) is 23.0 Å². The molecule has 0 aliphatic carbocycles. The number of anilines is 1. The number of hydrogen-bond donors (Lipinski definition) is 0. The summed E-state index contributed by atoms with van der Waals surface area (Å²) in [5.41, 5.74) is 2.85. The van der Waals surface area contributed by atoms with Gasteiger partial charge in [0.2, 0.25) is 5.91 Å². The maximum Gasteiger partial charge on any atom is 0.241 e. The van der Waals surface area contributed by atoms with E-state index in [1.165, 1.54) is 17.0 Å². The molecule has 1 aliphatic rings. The minimum atomic E-state index is -0.702. The Bertz CT molecular complexity index is 1080. The van der Waals surface area contributed by atoms with Crippen molar-refractivity contribution in [3.8, 4) is 6.07 Å². The Kier molecular flexibility index (Phi) is 5.55. The van der Waals surface area contributed by atoms with E-state index in [0.29, 0.717) is 31.7 Å². The monoisotopic (exact) mass is 407 g/mol. The minimum absolute atomic E-state index is 0.153.